The molecule has 0 N–H and O–H groups in total. The van der Waals surface area contributed by atoms with Crippen molar-refractivity contribution in [1.29, 1.82) is 0 Å². The molecule has 1 saturated carbocycles. The maximum absolute atomic E-state index is 11.7. The van der Waals surface area contributed by atoms with E-state index < -0.39 is 5.41 Å². The maximum Gasteiger partial charge on any atom is 0.315 e. The number of esters is 2. The van der Waals surface area contributed by atoms with E-state index in [1.165, 1.54) is 14.0 Å². The van der Waals surface area contributed by atoms with Gasteiger partial charge in [0.1, 0.15) is 11.5 Å². The van der Waals surface area contributed by atoms with Crippen molar-refractivity contribution in [3.05, 3.63) is 0 Å². The van der Waals surface area contributed by atoms with E-state index in [1.807, 2.05) is 6.92 Å². The van der Waals surface area contributed by atoms with Crippen molar-refractivity contribution in [2.75, 3.05) is 7.11 Å². The van der Waals surface area contributed by atoms with E-state index in [9.17, 15) is 9.59 Å². The van der Waals surface area contributed by atoms with Crippen LogP contribution in [0.1, 0.15) is 39.5 Å². The van der Waals surface area contributed by atoms with Gasteiger partial charge >= 0.3 is 11.9 Å². The van der Waals surface area contributed by atoms with Crippen LogP contribution in [0.15, 0.2) is 0 Å². The molecule has 0 aromatic rings. The molecule has 1 aliphatic carbocycles. The summed E-state index contributed by atoms with van der Waals surface area (Å²) in [6, 6.07) is 0. The lowest BCUT2D eigenvalue weighted by molar-refractivity contribution is -0.167. The standard InChI is InChI=1S/C11H18O4/c1-4-11(10(13)14-3)7-5-6-9(11)15-8(2)12/h9H,4-7H2,1-3H3. The summed E-state index contributed by atoms with van der Waals surface area (Å²) in [6.07, 6.45) is 2.74. The predicted molar refractivity (Wildman–Crippen MR) is 54.1 cm³/mol. The van der Waals surface area contributed by atoms with Crippen LogP contribution in [0.25, 0.3) is 0 Å². The summed E-state index contributed by atoms with van der Waals surface area (Å²) >= 11 is 0. The van der Waals surface area contributed by atoms with Gasteiger partial charge in [0.25, 0.3) is 0 Å². The zero-order valence-corrected chi connectivity index (χ0v) is 9.54. The Balaban J connectivity index is 2.85. The summed E-state index contributed by atoms with van der Waals surface area (Å²) in [6.45, 7) is 3.30. The van der Waals surface area contributed by atoms with Gasteiger partial charge in [0.05, 0.1) is 7.11 Å². The highest BCUT2D eigenvalue weighted by Crippen LogP contribution is 2.44. The molecule has 2 atom stereocenters. The van der Waals surface area contributed by atoms with Crippen LogP contribution in [0.5, 0.6) is 0 Å². The van der Waals surface area contributed by atoms with Crippen molar-refractivity contribution in [3.63, 3.8) is 0 Å². The van der Waals surface area contributed by atoms with Crippen LogP contribution in [-0.2, 0) is 19.1 Å². The summed E-state index contributed by atoms with van der Waals surface area (Å²) in [5.41, 5.74) is -0.611. The molecule has 0 aromatic carbocycles. The zero-order valence-electron chi connectivity index (χ0n) is 9.54. The van der Waals surface area contributed by atoms with E-state index in [1.54, 1.807) is 0 Å². The van der Waals surface area contributed by atoms with Crippen molar-refractivity contribution in [1.82, 2.24) is 0 Å². The molecule has 0 heterocycles. The van der Waals surface area contributed by atoms with Gasteiger partial charge in [-0.05, 0) is 25.7 Å². The third-order valence-electron chi connectivity index (χ3n) is 3.24. The predicted octanol–water partition coefficient (Wildman–Crippen LogP) is 1.67. The van der Waals surface area contributed by atoms with Crippen molar-refractivity contribution >= 4 is 11.9 Å². The molecule has 0 saturated heterocycles. The molecular weight excluding hydrogens is 196 g/mol. The van der Waals surface area contributed by atoms with Gasteiger partial charge < -0.3 is 9.47 Å². The first kappa shape index (κ1) is 12.0. The van der Waals surface area contributed by atoms with Gasteiger partial charge in [0.15, 0.2) is 0 Å². The van der Waals surface area contributed by atoms with Gasteiger partial charge in [0, 0.05) is 6.92 Å². The Labute approximate surface area is 89.9 Å². The van der Waals surface area contributed by atoms with E-state index in [2.05, 4.69) is 0 Å². The molecule has 4 heteroatoms. The van der Waals surface area contributed by atoms with E-state index in [0.29, 0.717) is 6.42 Å². The molecule has 2 unspecified atom stereocenters. The minimum Gasteiger partial charge on any atom is -0.468 e. The highest BCUT2D eigenvalue weighted by Gasteiger charge is 2.50. The van der Waals surface area contributed by atoms with Gasteiger partial charge in [-0.3, -0.25) is 9.59 Å². The van der Waals surface area contributed by atoms with Crippen LogP contribution in [0, 0.1) is 5.41 Å². The van der Waals surface area contributed by atoms with Gasteiger partial charge in [-0.1, -0.05) is 6.92 Å². The summed E-state index contributed by atoms with van der Waals surface area (Å²) in [7, 11) is 1.38. The lowest BCUT2D eigenvalue weighted by atomic mass is 9.81. The lowest BCUT2D eigenvalue weighted by Crippen LogP contribution is -2.41. The Kier molecular flexibility index (Phi) is 3.72. The Bertz CT molecular complexity index is 261. The zero-order chi connectivity index (χ0) is 11.5. The highest BCUT2D eigenvalue weighted by atomic mass is 16.6. The number of carbonyl (C=O) groups excluding carboxylic acids is 2. The SMILES string of the molecule is CCC1(C(=O)OC)CCCC1OC(C)=O. The first-order chi connectivity index (χ1) is 7.06. The fourth-order valence-electron chi connectivity index (χ4n) is 2.40. The summed E-state index contributed by atoms with van der Waals surface area (Å²) in [4.78, 5) is 22.7. The molecule has 0 aromatic heterocycles. The summed E-state index contributed by atoms with van der Waals surface area (Å²) in [5.74, 6) is -0.586. The third-order valence-corrected chi connectivity index (χ3v) is 3.24. The number of rotatable bonds is 3. The number of hydrogen-bond acceptors (Lipinski definition) is 4. The Hall–Kier alpha value is -1.06. The minimum absolute atomic E-state index is 0.256. The quantitative estimate of drug-likeness (QED) is 0.670. The van der Waals surface area contributed by atoms with Crippen molar-refractivity contribution in [2.24, 2.45) is 5.41 Å². The first-order valence-electron chi connectivity index (χ1n) is 5.32. The Morgan fingerprint density at radius 3 is 2.60 bits per heavy atom. The number of hydrogen-bond donors (Lipinski definition) is 0. The normalized spacial score (nSPS) is 29.9. The minimum atomic E-state index is -0.611. The summed E-state index contributed by atoms with van der Waals surface area (Å²) < 4.78 is 10.0. The number of carbonyl (C=O) groups is 2. The van der Waals surface area contributed by atoms with E-state index in [4.69, 9.17) is 9.47 Å². The Morgan fingerprint density at radius 1 is 1.47 bits per heavy atom. The molecule has 86 valence electrons. The van der Waals surface area contributed by atoms with E-state index in [0.717, 1.165) is 19.3 Å². The van der Waals surface area contributed by atoms with Crippen molar-refractivity contribution in [3.8, 4) is 0 Å². The summed E-state index contributed by atoms with van der Waals surface area (Å²) in [5, 5.41) is 0. The average Bonchev–Trinajstić information content (AvgIpc) is 2.60. The lowest BCUT2D eigenvalue weighted by Gasteiger charge is -2.30. The molecule has 1 aliphatic rings. The number of methoxy groups -OCH3 is 1. The smallest absolute Gasteiger partial charge is 0.315 e. The fraction of sp³-hybridized carbons (Fsp3) is 0.818. The number of ether oxygens (including phenoxy) is 2. The molecule has 0 radical (unpaired) electrons. The van der Waals surface area contributed by atoms with Gasteiger partial charge in [-0.15, -0.1) is 0 Å². The maximum atomic E-state index is 11.7. The molecule has 0 aliphatic heterocycles. The second kappa shape index (κ2) is 4.64. The van der Waals surface area contributed by atoms with Crippen LogP contribution >= 0.6 is 0 Å². The second-order valence-corrected chi connectivity index (χ2v) is 3.99. The largest absolute Gasteiger partial charge is 0.468 e. The van der Waals surface area contributed by atoms with E-state index >= 15 is 0 Å². The average molecular weight is 214 g/mol. The third kappa shape index (κ3) is 2.13. The molecule has 4 nitrogen and oxygen atoms in total. The molecule has 0 spiro atoms. The van der Waals surface area contributed by atoms with Crippen molar-refractivity contribution < 1.29 is 19.1 Å². The van der Waals surface area contributed by atoms with Gasteiger partial charge in [-0.25, -0.2) is 0 Å². The van der Waals surface area contributed by atoms with Gasteiger partial charge in [0.2, 0.25) is 0 Å². The van der Waals surface area contributed by atoms with Crippen LogP contribution in [0.4, 0.5) is 0 Å². The molecule has 15 heavy (non-hydrogen) atoms. The van der Waals surface area contributed by atoms with Crippen LogP contribution in [0.3, 0.4) is 0 Å². The first-order valence-corrected chi connectivity index (χ1v) is 5.32. The van der Waals surface area contributed by atoms with Crippen LogP contribution in [0.2, 0.25) is 0 Å². The van der Waals surface area contributed by atoms with Gasteiger partial charge in [-0.2, -0.15) is 0 Å². The van der Waals surface area contributed by atoms with Crippen LogP contribution in [-0.4, -0.2) is 25.2 Å². The second-order valence-electron chi connectivity index (χ2n) is 3.99. The molecule has 1 rings (SSSR count). The van der Waals surface area contributed by atoms with Crippen LogP contribution < -0.4 is 0 Å². The van der Waals surface area contributed by atoms with Crippen molar-refractivity contribution in [2.45, 2.75) is 45.6 Å². The Morgan fingerprint density at radius 2 is 2.13 bits per heavy atom. The monoisotopic (exact) mass is 214 g/mol. The molecule has 0 bridgehead atoms. The topological polar surface area (TPSA) is 52.6 Å². The highest BCUT2D eigenvalue weighted by molar-refractivity contribution is 5.78. The molecule has 1 fully saturated rings. The van der Waals surface area contributed by atoms with E-state index in [-0.39, 0.29) is 18.0 Å². The molecule has 0 amide bonds. The molecular formula is C11H18O4. The fourth-order valence-corrected chi connectivity index (χ4v) is 2.40.